The molecule has 28 heavy (non-hydrogen) atoms. The minimum absolute atomic E-state index is 0.0464. The van der Waals surface area contributed by atoms with Crippen LogP contribution in [-0.4, -0.2) is 35.7 Å². The second kappa shape index (κ2) is 7.48. The smallest absolute Gasteiger partial charge is 0.290 e. The Morgan fingerprint density at radius 3 is 2.75 bits per heavy atom. The Labute approximate surface area is 162 Å². The van der Waals surface area contributed by atoms with Crippen molar-refractivity contribution in [3.05, 3.63) is 75.6 Å². The van der Waals surface area contributed by atoms with Gasteiger partial charge in [0.05, 0.1) is 23.6 Å². The Morgan fingerprint density at radius 1 is 1.14 bits per heavy atom. The van der Waals surface area contributed by atoms with Gasteiger partial charge < -0.3 is 19.2 Å². The molecule has 1 amide bonds. The molecule has 1 aliphatic heterocycles. The van der Waals surface area contributed by atoms with Gasteiger partial charge in [0, 0.05) is 13.2 Å². The fourth-order valence-electron chi connectivity index (χ4n) is 3.73. The van der Waals surface area contributed by atoms with Crippen LogP contribution in [0.4, 0.5) is 0 Å². The molecule has 0 spiro atoms. The first-order valence-electron chi connectivity index (χ1n) is 9.36. The van der Waals surface area contributed by atoms with Crippen LogP contribution >= 0.6 is 0 Å². The fourth-order valence-corrected chi connectivity index (χ4v) is 3.73. The predicted molar refractivity (Wildman–Crippen MR) is 105 cm³/mol. The van der Waals surface area contributed by atoms with Gasteiger partial charge >= 0.3 is 0 Å². The van der Waals surface area contributed by atoms with Crippen LogP contribution < -0.4 is 10.2 Å². The molecule has 1 N–H and O–H groups in total. The van der Waals surface area contributed by atoms with Gasteiger partial charge in [-0.3, -0.25) is 9.59 Å². The highest BCUT2D eigenvalue weighted by Crippen LogP contribution is 2.39. The molecular weight excluding hydrogens is 358 g/mol. The summed E-state index contributed by atoms with van der Waals surface area (Å²) >= 11 is 0. The van der Waals surface area contributed by atoms with E-state index in [1.807, 2.05) is 31.2 Å². The summed E-state index contributed by atoms with van der Waals surface area (Å²) in [4.78, 5) is 27.9. The molecule has 6 heteroatoms. The van der Waals surface area contributed by atoms with Crippen molar-refractivity contribution in [2.45, 2.75) is 19.4 Å². The van der Waals surface area contributed by atoms with E-state index in [2.05, 4.69) is 0 Å². The number of rotatable bonds is 6. The van der Waals surface area contributed by atoms with Crippen LogP contribution in [0.15, 0.2) is 57.7 Å². The standard InChI is InChI=1S/C22H21NO5/c1-2-27-15-8-5-7-14(13-15)19-18-20(25)16-9-3-4-10-17(16)28-21(18)22(26)23(19)11-6-12-24/h3-5,7-10,13,19,24H,2,6,11-12H2,1H3. The van der Waals surface area contributed by atoms with E-state index in [0.717, 1.165) is 5.56 Å². The number of carbonyl (C=O) groups is 1. The lowest BCUT2D eigenvalue weighted by Crippen LogP contribution is -2.31. The van der Waals surface area contributed by atoms with Crippen LogP contribution in [0.5, 0.6) is 5.75 Å². The third-order valence-corrected chi connectivity index (χ3v) is 4.92. The summed E-state index contributed by atoms with van der Waals surface area (Å²) in [7, 11) is 0. The molecule has 3 aromatic rings. The van der Waals surface area contributed by atoms with E-state index in [0.29, 0.717) is 41.9 Å². The number of ether oxygens (including phenoxy) is 1. The maximum atomic E-state index is 13.3. The molecule has 2 heterocycles. The number of aliphatic hydroxyl groups excluding tert-OH is 1. The number of benzene rings is 2. The number of amides is 1. The molecule has 1 unspecified atom stereocenters. The van der Waals surface area contributed by atoms with Gasteiger partial charge in [-0.15, -0.1) is 0 Å². The van der Waals surface area contributed by atoms with Crippen LogP contribution in [0.25, 0.3) is 11.0 Å². The maximum absolute atomic E-state index is 13.3. The average molecular weight is 379 g/mol. The molecule has 144 valence electrons. The first-order valence-corrected chi connectivity index (χ1v) is 9.36. The van der Waals surface area contributed by atoms with Crippen LogP contribution in [-0.2, 0) is 0 Å². The summed E-state index contributed by atoms with van der Waals surface area (Å²) in [5.74, 6) is 0.416. The Balaban J connectivity index is 1.93. The summed E-state index contributed by atoms with van der Waals surface area (Å²) in [6.07, 6.45) is 0.412. The molecule has 1 atom stereocenters. The Kier molecular flexibility index (Phi) is 4.88. The lowest BCUT2D eigenvalue weighted by Gasteiger charge is -2.25. The van der Waals surface area contributed by atoms with E-state index in [1.165, 1.54) is 0 Å². The third kappa shape index (κ3) is 2.96. The molecule has 6 nitrogen and oxygen atoms in total. The van der Waals surface area contributed by atoms with Crippen molar-refractivity contribution in [2.75, 3.05) is 19.8 Å². The van der Waals surface area contributed by atoms with Crippen molar-refractivity contribution in [2.24, 2.45) is 0 Å². The number of aliphatic hydroxyl groups is 1. The van der Waals surface area contributed by atoms with E-state index < -0.39 is 6.04 Å². The minimum atomic E-state index is -0.574. The summed E-state index contributed by atoms with van der Waals surface area (Å²) in [6.45, 7) is 2.69. The third-order valence-electron chi connectivity index (χ3n) is 4.92. The molecule has 1 aliphatic rings. The zero-order chi connectivity index (χ0) is 19.7. The highest BCUT2D eigenvalue weighted by Gasteiger charge is 2.42. The SMILES string of the molecule is CCOc1cccc(C2c3c(oc4ccccc4c3=O)C(=O)N2CCCO)c1. The Bertz CT molecular complexity index is 1090. The highest BCUT2D eigenvalue weighted by molar-refractivity contribution is 5.99. The summed E-state index contributed by atoms with van der Waals surface area (Å²) in [6, 6.07) is 13.8. The van der Waals surface area contributed by atoms with Crippen molar-refractivity contribution < 1.29 is 19.1 Å². The van der Waals surface area contributed by atoms with Gasteiger partial charge in [-0.1, -0.05) is 24.3 Å². The Morgan fingerprint density at radius 2 is 1.96 bits per heavy atom. The molecule has 4 rings (SSSR count). The predicted octanol–water partition coefficient (Wildman–Crippen LogP) is 3.12. The van der Waals surface area contributed by atoms with E-state index in [9.17, 15) is 14.7 Å². The van der Waals surface area contributed by atoms with Gasteiger partial charge in [-0.2, -0.15) is 0 Å². The molecule has 2 aromatic carbocycles. The topological polar surface area (TPSA) is 80.0 Å². The number of fused-ring (bicyclic) bond motifs is 2. The molecule has 0 aliphatic carbocycles. The zero-order valence-corrected chi connectivity index (χ0v) is 15.6. The van der Waals surface area contributed by atoms with Gasteiger partial charge in [-0.25, -0.2) is 0 Å². The van der Waals surface area contributed by atoms with Gasteiger partial charge in [0.1, 0.15) is 11.3 Å². The van der Waals surface area contributed by atoms with E-state index in [4.69, 9.17) is 9.15 Å². The molecule has 0 fully saturated rings. The molecule has 0 saturated carbocycles. The van der Waals surface area contributed by atoms with Crippen LogP contribution in [0.1, 0.15) is 41.1 Å². The molecule has 0 bridgehead atoms. The maximum Gasteiger partial charge on any atom is 0.290 e. The second-order valence-corrected chi connectivity index (χ2v) is 6.65. The molecule has 0 radical (unpaired) electrons. The van der Waals surface area contributed by atoms with Crippen LogP contribution in [0.2, 0.25) is 0 Å². The minimum Gasteiger partial charge on any atom is -0.494 e. The number of hydrogen-bond donors (Lipinski definition) is 1. The van der Waals surface area contributed by atoms with Crippen LogP contribution in [0.3, 0.4) is 0 Å². The van der Waals surface area contributed by atoms with Gasteiger partial charge in [0.15, 0.2) is 5.43 Å². The average Bonchev–Trinajstić information content (AvgIpc) is 2.99. The molecular formula is C22H21NO5. The van der Waals surface area contributed by atoms with Crippen molar-refractivity contribution >= 4 is 16.9 Å². The number of para-hydroxylation sites is 1. The summed E-state index contributed by atoms with van der Waals surface area (Å²) < 4.78 is 11.4. The largest absolute Gasteiger partial charge is 0.494 e. The first-order chi connectivity index (χ1) is 13.7. The van der Waals surface area contributed by atoms with Gasteiger partial charge in [0.2, 0.25) is 5.76 Å². The Hall–Kier alpha value is -3.12. The van der Waals surface area contributed by atoms with Gasteiger partial charge in [0.25, 0.3) is 5.91 Å². The first kappa shape index (κ1) is 18.3. The van der Waals surface area contributed by atoms with E-state index in [1.54, 1.807) is 29.2 Å². The second-order valence-electron chi connectivity index (χ2n) is 6.65. The number of hydrogen-bond acceptors (Lipinski definition) is 5. The normalized spacial score (nSPS) is 15.9. The van der Waals surface area contributed by atoms with Crippen molar-refractivity contribution in [3.8, 4) is 5.75 Å². The van der Waals surface area contributed by atoms with Crippen molar-refractivity contribution in [1.82, 2.24) is 4.90 Å². The molecule has 1 aromatic heterocycles. The van der Waals surface area contributed by atoms with E-state index in [-0.39, 0.29) is 23.7 Å². The zero-order valence-electron chi connectivity index (χ0n) is 15.6. The lowest BCUT2D eigenvalue weighted by molar-refractivity contribution is 0.0716. The van der Waals surface area contributed by atoms with Crippen LogP contribution in [0, 0.1) is 0 Å². The number of nitrogens with zero attached hydrogens (tertiary/aromatic N) is 1. The molecule has 0 saturated heterocycles. The lowest BCUT2D eigenvalue weighted by atomic mass is 9.98. The van der Waals surface area contributed by atoms with Crippen molar-refractivity contribution in [1.29, 1.82) is 0 Å². The summed E-state index contributed by atoms with van der Waals surface area (Å²) in [5, 5.41) is 9.71. The fraction of sp³-hybridized carbons (Fsp3) is 0.273. The monoisotopic (exact) mass is 379 g/mol. The van der Waals surface area contributed by atoms with Crippen molar-refractivity contribution in [3.63, 3.8) is 0 Å². The van der Waals surface area contributed by atoms with Gasteiger partial charge in [-0.05, 0) is 43.2 Å². The quantitative estimate of drug-likeness (QED) is 0.712. The summed E-state index contributed by atoms with van der Waals surface area (Å²) in [5.41, 5.74) is 1.31. The van der Waals surface area contributed by atoms with E-state index >= 15 is 0 Å². The highest BCUT2D eigenvalue weighted by atomic mass is 16.5. The number of carbonyl (C=O) groups excluding carboxylic acids is 1.